The van der Waals surface area contributed by atoms with Crippen LogP contribution >= 0.6 is 0 Å². The number of ether oxygens (including phenoxy) is 2. The van der Waals surface area contributed by atoms with Gasteiger partial charge in [0.05, 0.1) is 31.0 Å². The van der Waals surface area contributed by atoms with E-state index in [-0.39, 0.29) is 5.56 Å². The molecule has 120 valence electrons. The van der Waals surface area contributed by atoms with Gasteiger partial charge in [0.2, 0.25) is 5.88 Å². The second-order valence-electron chi connectivity index (χ2n) is 5.24. The lowest BCUT2D eigenvalue weighted by Gasteiger charge is -2.05. The number of nitrogens with one attached hydrogen (secondary N) is 1. The first kappa shape index (κ1) is 14.3. The van der Waals surface area contributed by atoms with Gasteiger partial charge in [-0.1, -0.05) is 0 Å². The maximum Gasteiger partial charge on any atom is 0.282 e. The van der Waals surface area contributed by atoms with Crippen molar-refractivity contribution in [1.82, 2.24) is 19.7 Å². The number of methoxy groups -OCH3 is 2. The zero-order valence-electron chi connectivity index (χ0n) is 13.1. The van der Waals surface area contributed by atoms with Gasteiger partial charge in [-0.2, -0.15) is 9.78 Å². The van der Waals surface area contributed by atoms with E-state index in [4.69, 9.17) is 9.47 Å². The molecule has 0 saturated heterocycles. The molecular weight excluding hydrogens is 308 g/mol. The van der Waals surface area contributed by atoms with Crippen molar-refractivity contribution in [1.29, 1.82) is 0 Å². The first-order valence-electron chi connectivity index (χ1n) is 7.30. The average molecular weight is 322 g/mol. The maximum absolute atomic E-state index is 12.7. The smallest absolute Gasteiger partial charge is 0.282 e. The molecule has 24 heavy (non-hydrogen) atoms. The Morgan fingerprint density at radius 1 is 1.12 bits per heavy atom. The lowest BCUT2D eigenvalue weighted by atomic mass is 10.1. The van der Waals surface area contributed by atoms with Gasteiger partial charge in [-0.3, -0.25) is 4.79 Å². The van der Waals surface area contributed by atoms with Gasteiger partial charge >= 0.3 is 0 Å². The van der Waals surface area contributed by atoms with E-state index in [1.165, 1.54) is 11.8 Å². The van der Waals surface area contributed by atoms with Crippen molar-refractivity contribution in [2.24, 2.45) is 0 Å². The van der Waals surface area contributed by atoms with Crippen LogP contribution in [0.15, 0.2) is 47.5 Å². The molecule has 0 radical (unpaired) electrons. The fraction of sp³-hybridized carbons (Fsp3) is 0.118. The molecule has 1 N–H and O–H groups in total. The molecule has 0 amide bonds. The number of benzene rings is 1. The molecule has 0 aliphatic carbocycles. The van der Waals surface area contributed by atoms with Crippen molar-refractivity contribution in [3.63, 3.8) is 0 Å². The SMILES string of the molecule is COc1ccc2c3nn(-c4ccnc(OC)c4)c(=O)c-3c[nH]c2c1. The maximum atomic E-state index is 12.7. The molecule has 0 fully saturated rings. The van der Waals surface area contributed by atoms with E-state index in [0.717, 1.165) is 16.7 Å². The van der Waals surface area contributed by atoms with E-state index in [9.17, 15) is 4.79 Å². The van der Waals surface area contributed by atoms with Gasteiger partial charge in [-0.05, 0) is 18.2 Å². The Labute approximate surface area is 136 Å². The van der Waals surface area contributed by atoms with E-state index in [2.05, 4.69) is 15.1 Å². The molecule has 2 aliphatic heterocycles. The standard InChI is InChI=1S/C17H14N4O3/c1-23-11-3-4-12-14(8-11)19-9-13-16(12)20-21(17(13)22)10-5-6-18-15(7-10)24-2/h3-9,19H,1-2H3. The Morgan fingerprint density at radius 2 is 2.00 bits per heavy atom. The van der Waals surface area contributed by atoms with Crippen LogP contribution < -0.4 is 15.0 Å². The quantitative estimate of drug-likeness (QED) is 0.625. The molecule has 2 aliphatic rings. The first-order chi connectivity index (χ1) is 11.7. The highest BCUT2D eigenvalue weighted by Gasteiger charge is 2.19. The van der Waals surface area contributed by atoms with Crippen LogP contribution in [-0.2, 0) is 0 Å². The van der Waals surface area contributed by atoms with Crippen molar-refractivity contribution >= 4 is 10.9 Å². The van der Waals surface area contributed by atoms with Crippen LogP contribution in [0.4, 0.5) is 0 Å². The summed E-state index contributed by atoms with van der Waals surface area (Å²) >= 11 is 0. The Morgan fingerprint density at radius 3 is 2.79 bits per heavy atom. The molecule has 0 spiro atoms. The monoisotopic (exact) mass is 322 g/mol. The van der Waals surface area contributed by atoms with Gasteiger partial charge in [-0.15, -0.1) is 0 Å². The van der Waals surface area contributed by atoms with Crippen molar-refractivity contribution in [3.8, 4) is 28.6 Å². The van der Waals surface area contributed by atoms with Gasteiger partial charge < -0.3 is 14.5 Å². The molecular formula is C17H14N4O3. The van der Waals surface area contributed by atoms with Crippen LogP contribution in [0.25, 0.3) is 27.8 Å². The largest absolute Gasteiger partial charge is 0.497 e. The summed E-state index contributed by atoms with van der Waals surface area (Å²) in [6.07, 6.45) is 3.25. The molecule has 0 saturated carbocycles. The molecule has 7 nitrogen and oxygen atoms in total. The van der Waals surface area contributed by atoms with Crippen molar-refractivity contribution in [2.75, 3.05) is 14.2 Å². The third-order valence-electron chi connectivity index (χ3n) is 3.90. The third-order valence-corrected chi connectivity index (χ3v) is 3.90. The first-order valence-corrected chi connectivity index (χ1v) is 7.30. The highest BCUT2D eigenvalue weighted by molar-refractivity contribution is 5.93. The van der Waals surface area contributed by atoms with Gasteiger partial charge in [0.25, 0.3) is 5.56 Å². The topological polar surface area (TPSA) is 82.0 Å². The second-order valence-corrected chi connectivity index (χ2v) is 5.24. The minimum atomic E-state index is -0.202. The van der Waals surface area contributed by atoms with Crippen LogP contribution in [-0.4, -0.2) is 34.0 Å². The van der Waals surface area contributed by atoms with Gasteiger partial charge in [0.15, 0.2) is 0 Å². The summed E-state index contributed by atoms with van der Waals surface area (Å²) < 4.78 is 11.7. The lowest BCUT2D eigenvalue weighted by Crippen LogP contribution is -2.14. The van der Waals surface area contributed by atoms with E-state index >= 15 is 0 Å². The second kappa shape index (κ2) is 5.38. The summed E-state index contributed by atoms with van der Waals surface area (Å²) in [6.45, 7) is 0. The summed E-state index contributed by atoms with van der Waals surface area (Å²) in [5.74, 6) is 1.16. The number of aromatic nitrogens is 4. The summed E-state index contributed by atoms with van der Waals surface area (Å²) in [5.41, 5.74) is 2.39. The minimum Gasteiger partial charge on any atom is -0.497 e. The Kier molecular flexibility index (Phi) is 3.19. The fourth-order valence-corrected chi connectivity index (χ4v) is 2.69. The van der Waals surface area contributed by atoms with Crippen molar-refractivity contribution < 1.29 is 9.47 Å². The fourth-order valence-electron chi connectivity index (χ4n) is 2.69. The predicted octanol–water partition coefficient (Wildman–Crippen LogP) is 2.23. The lowest BCUT2D eigenvalue weighted by molar-refractivity contribution is 0.397. The minimum absolute atomic E-state index is 0.202. The van der Waals surface area contributed by atoms with Crippen LogP contribution in [0, 0.1) is 0 Å². The Bertz CT molecular complexity index is 1070. The van der Waals surface area contributed by atoms with Gasteiger partial charge in [0.1, 0.15) is 11.4 Å². The van der Waals surface area contributed by atoms with Crippen molar-refractivity contribution in [3.05, 3.63) is 53.1 Å². The van der Waals surface area contributed by atoms with Crippen LogP contribution in [0.2, 0.25) is 0 Å². The number of rotatable bonds is 3. The molecule has 1 aromatic carbocycles. The van der Waals surface area contributed by atoms with Crippen molar-refractivity contribution in [2.45, 2.75) is 0 Å². The zero-order chi connectivity index (χ0) is 16.7. The van der Waals surface area contributed by atoms with Gasteiger partial charge in [0, 0.05) is 29.9 Å². The Hall–Kier alpha value is -3.35. The number of aromatic amines is 1. The number of fused-ring (bicyclic) bond motifs is 3. The zero-order valence-corrected chi connectivity index (χ0v) is 13.1. The number of hydrogen-bond acceptors (Lipinski definition) is 5. The summed E-state index contributed by atoms with van der Waals surface area (Å²) in [4.78, 5) is 19.9. The molecule has 1 aromatic heterocycles. The molecule has 7 heteroatoms. The van der Waals surface area contributed by atoms with E-state index in [0.29, 0.717) is 22.8 Å². The highest BCUT2D eigenvalue weighted by atomic mass is 16.5. The molecule has 0 unspecified atom stereocenters. The third kappa shape index (κ3) is 2.10. The van der Waals surface area contributed by atoms with Crippen LogP contribution in [0.3, 0.4) is 0 Å². The van der Waals surface area contributed by atoms with E-state index in [1.807, 2.05) is 18.2 Å². The molecule has 3 heterocycles. The van der Waals surface area contributed by atoms with E-state index in [1.54, 1.807) is 31.6 Å². The normalized spacial score (nSPS) is 11.1. The van der Waals surface area contributed by atoms with E-state index < -0.39 is 0 Å². The number of hydrogen-bond donors (Lipinski definition) is 1. The molecule has 0 atom stereocenters. The molecule has 2 aromatic rings. The molecule has 0 bridgehead atoms. The average Bonchev–Trinajstić information content (AvgIpc) is 2.98. The van der Waals surface area contributed by atoms with Crippen LogP contribution in [0.5, 0.6) is 11.6 Å². The predicted molar refractivity (Wildman–Crippen MR) is 89.2 cm³/mol. The number of nitrogens with zero attached hydrogens (tertiary/aromatic N) is 3. The molecule has 4 rings (SSSR count). The summed E-state index contributed by atoms with van der Waals surface area (Å²) in [6, 6.07) is 8.98. The van der Waals surface area contributed by atoms with Crippen LogP contribution in [0.1, 0.15) is 0 Å². The van der Waals surface area contributed by atoms with Gasteiger partial charge in [-0.25, -0.2) is 4.98 Å². The number of pyridine rings is 2. The highest BCUT2D eigenvalue weighted by Crippen LogP contribution is 2.28. The summed E-state index contributed by atoms with van der Waals surface area (Å²) in [5, 5.41) is 5.35. The Balaban J connectivity index is 1.98. The summed E-state index contributed by atoms with van der Waals surface area (Å²) in [7, 11) is 3.14. The number of H-pyrrole nitrogens is 1.